The number of nitriles is 1. The fraction of sp³-hybridized carbons (Fsp3) is 0.0714. The van der Waals surface area contributed by atoms with Crippen molar-refractivity contribution in [2.45, 2.75) is 12.0 Å². The molecule has 0 aromatic carbocycles. The van der Waals surface area contributed by atoms with Gasteiger partial charge in [0.05, 0.1) is 18.1 Å². The lowest BCUT2D eigenvalue weighted by molar-refractivity contribution is 0.450. The van der Waals surface area contributed by atoms with Gasteiger partial charge in [0.15, 0.2) is 5.82 Å². The third-order valence-electron chi connectivity index (χ3n) is 3.03. The minimum atomic E-state index is -4.03. The number of nitrogens with zero attached hydrogens (tertiary/aromatic N) is 4. The molecule has 23 heavy (non-hydrogen) atoms. The normalized spacial score (nSPS) is 11.1. The van der Waals surface area contributed by atoms with Gasteiger partial charge in [-0.2, -0.15) is 13.7 Å². The second-order valence-electron chi connectivity index (χ2n) is 4.66. The Labute approximate surface area is 132 Å². The van der Waals surface area contributed by atoms with Crippen LogP contribution < -0.4 is 4.72 Å². The van der Waals surface area contributed by atoms with Gasteiger partial charge in [0, 0.05) is 18.0 Å². The SMILES string of the molecule is Cc1cn(-c2cccnc2)nc1NS(=O)(=O)c1occc1C#N. The molecule has 0 aliphatic rings. The number of sulfonamides is 1. The highest BCUT2D eigenvalue weighted by Gasteiger charge is 2.24. The molecule has 0 radical (unpaired) electrons. The van der Waals surface area contributed by atoms with Gasteiger partial charge in [-0.15, -0.1) is 5.10 Å². The molecule has 3 aromatic heterocycles. The summed E-state index contributed by atoms with van der Waals surface area (Å²) in [7, 11) is -4.03. The van der Waals surface area contributed by atoms with Crippen LogP contribution in [0.4, 0.5) is 5.82 Å². The zero-order chi connectivity index (χ0) is 16.4. The van der Waals surface area contributed by atoms with Gasteiger partial charge in [0.2, 0.25) is 0 Å². The Morgan fingerprint density at radius 1 is 1.39 bits per heavy atom. The molecule has 0 aliphatic carbocycles. The quantitative estimate of drug-likeness (QED) is 0.781. The van der Waals surface area contributed by atoms with Crippen molar-refractivity contribution in [1.82, 2.24) is 14.8 Å². The zero-order valence-electron chi connectivity index (χ0n) is 12.0. The summed E-state index contributed by atoms with van der Waals surface area (Å²) in [4.78, 5) is 3.99. The first-order valence-electron chi connectivity index (χ1n) is 6.48. The van der Waals surface area contributed by atoms with Crippen LogP contribution in [0.2, 0.25) is 0 Å². The number of hydrogen-bond acceptors (Lipinski definition) is 6. The Morgan fingerprint density at radius 3 is 2.91 bits per heavy atom. The molecule has 0 aliphatic heterocycles. The molecule has 0 fully saturated rings. The molecule has 8 nitrogen and oxygen atoms in total. The highest BCUT2D eigenvalue weighted by molar-refractivity contribution is 7.92. The second-order valence-corrected chi connectivity index (χ2v) is 6.24. The third-order valence-corrected chi connectivity index (χ3v) is 4.30. The van der Waals surface area contributed by atoms with Crippen molar-refractivity contribution in [3.63, 3.8) is 0 Å². The monoisotopic (exact) mass is 329 g/mol. The van der Waals surface area contributed by atoms with Crippen LogP contribution in [0.15, 0.2) is 52.6 Å². The Morgan fingerprint density at radius 2 is 2.22 bits per heavy atom. The summed E-state index contributed by atoms with van der Waals surface area (Å²) in [5.41, 5.74) is 1.24. The molecule has 3 heterocycles. The molecular formula is C14H11N5O3S. The summed E-state index contributed by atoms with van der Waals surface area (Å²) >= 11 is 0. The summed E-state index contributed by atoms with van der Waals surface area (Å²) in [6.45, 7) is 1.71. The number of rotatable bonds is 4. The maximum atomic E-state index is 12.3. The van der Waals surface area contributed by atoms with Gasteiger partial charge in [-0.05, 0) is 25.1 Å². The van der Waals surface area contributed by atoms with Crippen LogP contribution >= 0.6 is 0 Å². The van der Waals surface area contributed by atoms with E-state index in [2.05, 4.69) is 14.8 Å². The molecular weight excluding hydrogens is 318 g/mol. The molecule has 0 spiro atoms. The van der Waals surface area contributed by atoms with Gasteiger partial charge in [-0.3, -0.25) is 9.71 Å². The van der Waals surface area contributed by atoms with E-state index < -0.39 is 15.1 Å². The van der Waals surface area contributed by atoms with Crippen molar-refractivity contribution in [1.29, 1.82) is 5.26 Å². The van der Waals surface area contributed by atoms with Crippen LogP contribution in [0.3, 0.4) is 0 Å². The molecule has 9 heteroatoms. The van der Waals surface area contributed by atoms with Crippen LogP contribution in [0.5, 0.6) is 0 Å². The molecule has 3 rings (SSSR count). The number of anilines is 1. The molecule has 0 atom stereocenters. The first-order chi connectivity index (χ1) is 11.0. The molecule has 3 aromatic rings. The van der Waals surface area contributed by atoms with Gasteiger partial charge < -0.3 is 4.42 Å². The third kappa shape index (κ3) is 2.79. The average Bonchev–Trinajstić information content (AvgIpc) is 3.15. The highest BCUT2D eigenvalue weighted by Crippen LogP contribution is 2.22. The Hall–Kier alpha value is -3.12. The van der Waals surface area contributed by atoms with Gasteiger partial charge in [-0.1, -0.05) is 0 Å². The van der Waals surface area contributed by atoms with E-state index in [1.807, 2.05) is 0 Å². The van der Waals surface area contributed by atoms with Gasteiger partial charge >= 0.3 is 0 Å². The largest absolute Gasteiger partial charge is 0.450 e. The van der Waals surface area contributed by atoms with E-state index in [0.717, 1.165) is 6.26 Å². The maximum Gasteiger partial charge on any atom is 0.297 e. The van der Waals surface area contributed by atoms with Crippen LogP contribution in [-0.2, 0) is 10.0 Å². The first kappa shape index (κ1) is 14.8. The Kier molecular flexibility index (Phi) is 3.59. The lowest BCUT2D eigenvalue weighted by Crippen LogP contribution is -2.14. The lowest BCUT2D eigenvalue weighted by Gasteiger charge is -2.04. The highest BCUT2D eigenvalue weighted by atomic mass is 32.2. The van der Waals surface area contributed by atoms with Crippen LogP contribution in [0.25, 0.3) is 5.69 Å². The molecule has 0 saturated heterocycles. The van der Waals surface area contributed by atoms with Crippen molar-refractivity contribution in [2.24, 2.45) is 0 Å². The van der Waals surface area contributed by atoms with E-state index in [1.165, 1.54) is 10.7 Å². The number of pyridine rings is 1. The van der Waals surface area contributed by atoms with E-state index >= 15 is 0 Å². The first-order valence-corrected chi connectivity index (χ1v) is 7.96. The molecule has 1 N–H and O–H groups in total. The fourth-order valence-corrected chi connectivity index (χ4v) is 3.08. The van der Waals surface area contributed by atoms with Gasteiger partial charge in [0.1, 0.15) is 11.6 Å². The minimum Gasteiger partial charge on any atom is -0.450 e. The second kappa shape index (κ2) is 5.58. The van der Waals surface area contributed by atoms with E-state index in [4.69, 9.17) is 9.68 Å². The summed E-state index contributed by atoms with van der Waals surface area (Å²) < 4.78 is 33.4. The van der Waals surface area contributed by atoms with Gasteiger partial charge in [-0.25, -0.2) is 4.68 Å². The fourth-order valence-electron chi connectivity index (χ4n) is 1.94. The summed E-state index contributed by atoms with van der Waals surface area (Å²) in [6, 6.07) is 6.59. The number of nitrogens with one attached hydrogen (secondary N) is 1. The van der Waals surface area contributed by atoms with E-state index in [0.29, 0.717) is 11.3 Å². The lowest BCUT2D eigenvalue weighted by atomic mass is 10.4. The summed E-state index contributed by atoms with van der Waals surface area (Å²) in [5.74, 6) is 0.147. The minimum absolute atomic E-state index is 0.0677. The molecule has 0 amide bonds. The van der Waals surface area contributed by atoms with Crippen LogP contribution in [-0.4, -0.2) is 23.2 Å². The van der Waals surface area contributed by atoms with Crippen molar-refractivity contribution in [3.05, 3.63) is 54.2 Å². The number of aryl methyl sites for hydroxylation is 1. The Balaban J connectivity index is 1.95. The van der Waals surface area contributed by atoms with Crippen LogP contribution in [0.1, 0.15) is 11.1 Å². The topological polar surface area (TPSA) is 114 Å². The number of aromatic nitrogens is 3. The predicted molar refractivity (Wildman–Crippen MR) is 80.3 cm³/mol. The van der Waals surface area contributed by atoms with E-state index in [9.17, 15) is 8.42 Å². The molecule has 116 valence electrons. The smallest absolute Gasteiger partial charge is 0.297 e. The molecule has 0 bridgehead atoms. The molecule has 0 saturated carbocycles. The van der Waals surface area contributed by atoms with Crippen molar-refractivity contribution >= 4 is 15.8 Å². The predicted octanol–water partition coefficient (Wildman–Crippen LogP) is 1.84. The number of furan rings is 1. The molecule has 0 unspecified atom stereocenters. The summed E-state index contributed by atoms with van der Waals surface area (Å²) in [6.07, 6.45) is 6.05. The summed E-state index contributed by atoms with van der Waals surface area (Å²) in [5, 5.41) is 12.7. The Bertz CT molecular complexity index is 983. The van der Waals surface area contributed by atoms with Crippen molar-refractivity contribution < 1.29 is 12.8 Å². The average molecular weight is 329 g/mol. The van der Waals surface area contributed by atoms with E-state index in [1.54, 1.807) is 43.7 Å². The van der Waals surface area contributed by atoms with Gasteiger partial charge in [0.25, 0.3) is 15.1 Å². The van der Waals surface area contributed by atoms with Crippen molar-refractivity contribution in [3.8, 4) is 11.8 Å². The number of hydrogen-bond donors (Lipinski definition) is 1. The van der Waals surface area contributed by atoms with Crippen molar-refractivity contribution in [2.75, 3.05) is 4.72 Å². The van der Waals surface area contributed by atoms with Crippen LogP contribution in [0, 0.1) is 18.3 Å². The van der Waals surface area contributed by atoms with E-state index in [-0.39, 0.29) is 11.4 Å². The zero-order valence-corrected chi connectivity index (χ0v) is 12.8. The standard InChI is InChI=1S/C14H11N5O3S/c1-10-9-19(12-3-2-5-16-8-12)17-13(10)18-23(20,21)14-11(7-15)4-6-22-14/h2-6,8-9H,1H3,(H,17,18). The maximum absolute atomic E-state index is 12.3.